The maximum absolute atomic E-state index is 12.4. The average molecular weight is 336 g/mol. The van der Waals surface area contributed by atoms with E-state index < -0.39 is 9.05 Å². The summed E-state index contributed by atoms with van der Waals surface area (Å²) in [6.07, 6.45) is 2.27. The van der Waals surface area contributed by atoms with Crippen LogP contribution in [-0.4, -0.2) is 32.3 Å². The minimum atomic E-state index is -3.88. The van der Waals surface area contributed by atoms with Gasteiger partial charge in [-0.2, -0.15) is 0 Å². The van der Waals surface area contributed by atoms with Crippen LogP contribution in [-0.2, 0) is 9.05 Å². The van der Waals surface area contributed by atoms with Crippen molar-refractivity contribution in [1.29, 1.82) is 0 Å². The molecule has 2 rings (SSSR count). The number of carbonyl (C=O) groups is 1. The molecule has 1 aliphatic carbocycles. The first-order valence-electron chi connectivity index (χ1n) is 6.36. The standard InChI is InChI=1S/C13H15Cl2NO3S/c1-2-16(8-9-3-4-9)13(17)11-7-10(20(15,18)19)5-6-12(11)14/h5-7,9H,2-4,8H2,1H3. The van der Waals surface area contributed by atoms with Gasteiger partial charge in [-0.15, -0.1) is 0 Å². The van der Waals surface area contributed by atoms with Gasteiger partial charge >= 0.3 is 0 Å². The SMILES string of the molecule is CCN(CC1CC1)C(=O)c1cc(S(=O)(=O)Cl)ccc1Cl. The van der Waals surface area contributed by atoms with E-state index in [4.69, 9.17) is 22.3 Å². The third-order valence-corrected chi connectivity index (χ3v) is 4.98. The van der Waals surface area contributed by atoms with Gasteiger partial charge in [0.05, 0.1) is 15.5 Å². The van der Waals surface area contributed by atoms with Gasteiger partial charge in [0, 0.05) is 23.8 Å². The lowest BCUT2D eigenvalue weighted by atomic mass is 10.2. The number of carbonyl (C=O) groups excluding carboxylic acids is 1. The average Bonchev–Trinajstić information content (AvgIpc) is 3.18. The molecule has 1 saturated carbocycles. The van der Waals surface area contributed by atoms with Gasteiger partial charge in [-0.3, -0.25) is 4.79 Å². The quantitative estimate of drug-likeness (QED) is 0.776. The summed E-state index contributed by atoms with van der Waals surface area (Å²) < 4.78 is 22.7. The van der Waals surface area contributed by atoms with Gasteiger partial charge in [-0.05, 0) is 43.9 Å². The maximum atomic E-state index is 12.4. The molecule has 110 valence electrons. The molecule has 0 atom stereocenters. The molecule has 0 N–H and O–H groups in total. The molecular weight excluding hydrogens is 321 g/mol. The van der Waals surface area contributed by atoms with Crippen molar-refractivity contribution in [2.75, 3.05) is 13.1 Å². The Kier molecular flexibility index (Phi) is 4.62. The molecule has 0 heterocycles. The van der Waals surface area contributed by atoms with Gasteiger partial charge in [0.15, 0.2) is 0 Å². The Morgan fingerprint density at radius 3 is 2.55 bits per heavy atom. The molecule has 0 unspecified atom stereocenters. The highest BCUT2D eigenvalue weighted by Gasteiger charge is 2.27. The van der Waals surface area contributed by atoms with Crippen molar-refractivity contribution in [3.63, 3.8) is 0 Å². The maximum Gasteiger partial charge on any atom is 0.261 e. The molecule has 0 bridgehead atoms. The summed E-state index contributed by atoms with van der Waals surface area (Å²) in [6.45, 7) is 3.13. The van der Waals surface area contributed by atoms with Crippen molar-refractivity contribution in [2.24, 2.45) is 5.92 Å². The smallest absolute Gasteiger partial charge is 0.261 e. The summed E-state index contributed by atoms with van der Waals surface area (Å²) in [5.74, 6) is 0.296. The summed E-state index contributed by atoms with van der Waals surface area (Å²) in [4.78, 5) is 14.0. The van der Waals surface area contributed by atoms with Gasteiger partial charge in [0.25, 0.3) is 15.0 Å². The highest BCUT2D eigenvalue weighted by Crippen LogP contribution is 2.31. The van der Waals surface area contributed by atoms with Gasteiger partial charge in [0.2, 0.25) is 0 Å². The number of rotatable bonds is 5. The minimum Gasteiger partial charge on any atom is -0.339 e. The number of hydrogen-bond acceptors (Lipinski definition) is 3. The number of amides is 1. The van der Waals surface area contributed by atoms with Crippen LogP contribution in [0.25, 0.3) is 0 Å². The molecule has 0 aliphatic heterocycles. The molecule has 4 nitrogen and oxygen atoms in total. The summed E-state index contributed by atoms with van der Waals surface area (Å²) in [5.41, 5.74) is 0.177. The van der Waals surface area contributed by atoms with Gasteiger partial charge in [-0.25, -0.2) is 8.42 Å². The summed E-state index contributed by atoms with van der Waals surface area (Å²) >= 11 is 6.01. The van der Waals surface area contributed by atoms with E-state index in [2.05, 4.69) is 0 Å². The zero-order valence-electron chi connectivity index (χ0n) is 11.0. The highest BCUT2D eigenvalue weighted by atomic mass is 35.7. The molecule has 1 aromatic rings. The summed E-state index contributed by atoms with van der Waals surface area (Å²) in [5, 5.41) is 0.230. The minimum absolute atomic E-state index is 0.116. The molecule has 20 heavy (non-hydrogen) atoms. The van der Waals surface area contributed by atoms with E-state index >= 15 is 0 Å². The van der Waals surface area contributed by atoms with E-state index in [1.54, 1.807) is 4.90 Å². The molecule has 1 aliphatic rings. The van der Waals surface area contributed by atoms with Crippen LogP contribution in [0.2, 0.25) is 5.02 Å². The molecule has 1 amide bonds. The monoisotopic (exact) mass is 335 g/mol. The second-order valence-electron chi connectivity index (χ2n) is 4.87. The Hall–Kier alpha value is -0.780. The normalized spacial score (nSPS) is 15.2. The van der Waals surface area contributed by atoms with Crippen molar-refractivity contribution >= 4 is 37.2 Å². The number of halogens is 2. The van der Waals surface area contributed by atoms with Crippen LogP contribution in [0.3, 0.4) is 0 Å². The van der Waals surface area contributed by atoms with Crippen molar-refractivity contribution in [3.05, 3.63) is 28.8 Å². The Balaban J connectivity index is 2.32. The third kappa shape index (κ3) is 3.65. The predicted molar refractivity (Wildman–Crippen MR) is 78.8 cm³/mol. The largest absolute Gasteiger partial charge is 0.339 e. The Bertz CT molecular complexity index is 627. The summed E-state index contributed by atoms with van der Waals surface area (Å²) in [6, 6.07) is 3.91. The van der Waals surface area contributed by atoms with Crippen molar-refractivity contribution < 1.29 is 13.2 Å². The first-order valence-corrected chi connectivity index (χ1v) is 9.05. The molecular formula is C13H15Cl2NO3S. The number of benzene rings is 1. The van der Waals surface area contributed by atoms with E-state index in [0.29, 0.717) is 19.0 Å². The van der Waals surface area contributed by atoms with Crippen LogP contribution >= 0.6 is 22.3 Å². The molecule has 1 aromatic carbocycles. The van der Waals surface area contributed by atoms with Crippen LogP contribution in [0.15, 0.2) is 23.1 Å². The molecule has 0 saturated heterocycles. The fraction of sp³-hybridized carbons (Fsp3) is 0.462. The van der Waals surface area contributed by atoms with Crippen LogP contribution in [0, 0.1) is 5.92 Å². The van der Waals surface area contributed by atoms with Crippen molar-refractivity contribution in [2.45, 2.75) is 24.7 Å². The zero-order valence-corrected chi connectivity index (χ0v) is 13.3. The van der Waals surface area contributed by atoms with E-state index in [-0.39, 0.29) is 21.4 Å². The van der Waals surface area contributed by atoms with Crippen molar-refractivity contribution in [1.82, 2.24) is 4.90 Å². The van der Waals surface area contributed by atoms with E-state index in [1.807, 2.05) is 6.92 Å². The predicted octanol–water partition coefficient (Wildman–Crippen LogP) is 3.14. The fourth-order valence-corrected chi connectivity index (χ4v) is 2.93. The Labute approximate surface area is 128 Å². The first kappa shape index (κ1) is 15.6. The van der Waals surface area contributed by atoms with Gasteiger partial charge < -0.3 is 4.90 Å². The highest BCUT2D eigenvalue weighted by molar-refractivity contribution is 8.13. The third-order valence-electron chi connectivity index (χ3n) is 3.29. The van der Waals surface area contributed by atoms with Crippen LogP contribution in [0.1, 0.15) is 30.1 Å². The van der Waals surface area contributed by atoms with Crippen molar-refractivity contribution in [3.8, 4) is 0 Å². The van der Waals surface area contributed by atoms with E-state index in [9.17, 15) is 13.2 Å². The van der Waals surface area contributed by atoms with Crippen LogP contribution in [0.5, 0.6) is 0 Å². The van der Waals surface area contributed by atoms with Gasteiger partial charge in [0.1, 0.15) is 0 Å². The summed E-state index contributed by atoms with van der Waals surface area (Å²) in [7, 11) is 1.42. The Morgan fingerprint density at radius 1 is 1.40 bits per heavy atom. The van der Waals surface area contributed by atoms with Crippen LogP contribution < -0.4 is 0 Å². The fourth-order valence-electron chi connectivity index (χ4n) is 1.96. The Morgan fingerprint density at radius 2 is 2.05 bits per heavy atom. The zero-order chi connectivity index (χ0) is 14.9. The number of hydrogen-bond donors (Lipinski definition) is 0. The molecule has 0 spiro atoms. The number of nitrogens with zero attached hydrogens (tertiary/aromatic N) is 1. The second kappa shape index (κ2) is 5.92. The molecule has 0 radical (unpaired) electrons. The van der Waals surface area contributed by atoms with E-state index in [0.717, 1.165) is 12.8 Å². The lowest BCUT2D eigenvalue weighted by molar-refractivity contribution is 0.0757. The van der Waals surface area contributed by atoms with E-state index in [1.165, 1.54) is 18.2 Å². The second-order valence-corrected chi connectivity index (χ2v) is 7.84. The molecule has 0 aromatic heterocycles. The first-order chi connectivity index (χ1) is 9.32. The van der Waals surface area contributed by atoms with Crippen LogP contribution in [0.4, 0.5) is 0 Å². The molecule has 1 fully saturated rings. The topological polar surface area (TPSA) is 54.5 Å². The van der Waals surface area contributed by atoms with Gasteiger partial charge in [-0.1, -0.05) is 11.6 Å². The lowest BCUT2D eigenvalue weighted by Crippen LogP contribution is -2.33. The lowest BCUT2D eigenvalue weighted by Gasteiger charge is -2.21. The molecule has 7 heteroatoms.